The fourth-order valence-corrected chi connectivity index (χ4v) is 3.47. The molecule has 1 atom stereocenters. The van der Waals surface area contributed by atoms with Gasteiger partial charge >= 0.3 is 6.09 Å². The van der Waals surface area contributed by atoms with Crippen LogP contribution in [0, 0.1) is 0 Å². The van der Waals surface area contributed by atoms with Crippen LogP contribution in [-0.4, -0.2) is 58.3 Å². The van der Waals surface area contributed by atoms with Gasteiger partial charge in [-0.1, -0.05) is 12.1 Å². The number of rotatable bonds is 3. The van der Waals surface area contributed by atoms with Crippen molar-refractivity contribution < 1.29 is 9.53 Å². The molecule has 2 heterocycles. The van der Waals surface area contributed by atoms with Crippen LogP contribution in [0.1, 0.15) is 40.5 Å². The first kappa shape index (κ1) is 18.8. The van der Waals surface area contributed by atoms with Crippen LogP contribution < -0.4 is 10.2 Å². The molecule has 1 aromatic heterocycles. The smallest absolute Gasteiger partial charge is 0.410 e. The van der Waals surface area contributed by atoms with Crippen molar-refractivity contribution >= 4 is 28.8 Å². The highest BCUT2D eigenvalue weighted by atomic mass is 16.6. The van der Waals surface area contributed by atoms with Crippen LogP contribution in [0.4, 0.5) is 16.4 Å². The van der Waals surface area contributed by atoms with Gasteiger partial charge in [-0.15, -0.1) is 0 Å². The van der Waals surface area contributed by atoms with Crippen molar-refractivity contribution in [3.8, 4) is 0 Å². The molecule has 4 rings (SSSR count). The van der Waals surface area contributed by atoms with E-state index in [-0.39, 0.29) is 12.1 Å². The van der Waals surface area contributed by atoms with Crippen molar-refractivity contribution in [3.05, 3.63) is 24.3 Å². The molecule has 2 aliphatic rings. The van der Waals surface area contributed by atoms with E-state index in [1.54, 1.807) is 4.90 Å². The number of hydrogen-bond donors (Lipinski definition) is 1. The maximum Gasteiger partial charge on any atom is 0.410 e. The molecule has 1 N–H and O–H groups in total. The highest BCUT2D eigenvalue weighted by Crippen LogP contribution is 2.32. The summed E-state index contributed by atoms with van der Waals surface area (Å²) in [7, 11) is 0. The Kier molecular flexibility index (Phi) is 4.77. The summed E-state index contributed by atoms with van der Waals surface area (Å²) in [5.74, 6) is 1.72. The molecule has 0 unspecified atom stereocenters. The van der Waals surface area contributed by atoms with Crippen LogP contribution >= 0.6 is 0 Å². The molecule has 7 heteroatoms. The summed E-state index contributed by atoms with van der Waals surface area (Å²) in [6, 6.07) is 8.57. The van der Waals surface area contributed by atoms with Crippen molar-refractivity contribution in [3.63, 3.8) is 0 Å². The summed E-state index contributed by atoms with van der Waals surface area (Å²) in [6.07, 6.45) is 2.10. The van der Waals surface area contributed by atoms with Crippen molar-refractivity contribution in [2.24, 2.45) is 0 Å². The summed E-state index contributed by atoms with van der Waals surface area (Å²) < 4.78 is 5.54. The highest BCUT2D eigenvalue weighted by Gasteiger charge is 2.33. The van der Waals surface area contributed by atoms with Gasteiger partial charge in [-0.2, -0.15) is 0 Å². The van der Waals surface area contributed by atoms with Crippen LogP contribution in [0.5, 0.6) is 0 Å². The maximum absolute atomic E-state index is 12.4. The average molecular weight is 383 g/mol. The first-order valence-electron chi connectivity index (χ1n) is 10.1. The van der Waals surface area contributed by atoms with Crippen molar-refractivity contribution in [2.45, 2.75) is 58.2 Å². The SMILES string of the molecule is C[C@H]1CN(C(=O)OC(C)(C)C)CCN1c1nc2ccccc2nc1NC1CC1. The largest absolute Gasteiger partial charge is 0.444 e. The molecule has 150 valence electrons. The molecule has 1 aliphatic carbocycles. The minimum atomic E-state index is -0.484. The summed E-state index contributed by atoms with van der Waals surface area (Å²) in [6.45, 7) is 9.71. The van der Waals surface area contributed by atoms with Gasteiger partial charge in [0.1, 0.15) is 5.60 Å². The zero-order chi connectivity index (χ0) is 19.9. The molecule has 0 spiro atoms. The van der Waals surface area contributed by atoms with Crippen LogP contribution in [-0.2, 0) is 4.74 Å². The van der Waals surface area contributed by atoms with Crippen LogP contribution in [0.25, 0.3) is 11.0 Å². The third kappa shape index (κ3) is 4.13. The Labute approximate surface area is 166 Å². The Balaban J connectivity index is 1.57. The van der Waals surface area contributed by atoms with Gasteiger partial charge in [0.05, 0.1) is 11.0 Å². The Morgan fingerprint density at radius 3 is 2.43 bits per heavy atom. The second-order valence-electron chi connectivity index (χ2n) is 8.77. The number of amides is 1. The lowest BCUT2D eigenvalue weighted by Gasteiger charge is -2.41. The van der Waals surface area contributed by atoms with Gasteiger partial charge in [0.25, 0.3) is 0 Å². The number of hydrogen-bond acceptors (Lipinski definition) is 6. The number of anilines is 2. The highest BCUT2D eigenvalue weighted by molar-refractivity contribution is 5.81. The van der Waals surface area contributed by atoms with Gasteiger partial charge in [-0.3, -0.25) is 0 Å². The molecule has 28 heavy (non-hydrogen) atoms. The lowest BCUT2D eigenvalue weighted by atomic mass is 10.2. The lowest BCUT2D eigenvalue weighted by Crippen LogP contribution is -2.55. The number of piperazine rings is 1. The van der Waals surface area contributed by atoms with Crippen molar-refractivity contribution in [1.29, 1.82) is 0 Å². The molecule has 1 saturated heterocycles. The van der Waals surface area contributed by atoms with E-state index >= 15 is 0 Å². The molecule has 2 fully saturated rings. The first-order chi connectivity index (χ1) is 13.3. The van der Waals surface area contributed by atoms with E-state index in [1.165, 1.54) is 12.8 Å². The standard InChI is InChI=1S/C21H29N5O2/c1-14-13-25(20(27)28-21(2,3)4)11-12-26(14)19-18(22-15-9-10-15)23-16-7-5-6-8-17(16)24-19/h5-8,14-15H,9-13H2,1-4H3,(H,22,23)/t14-/m0/s1. The molecule has 7 nitrogen and oxygen atoms in total. The fraction of sp³-hybridized carbons (Fsp3) is 0.571. The quantitative estimate of drug-likeness (QED) is 0.872. The third-order valence-electron chi connectivity index (χ3n) is 5.02. The zero-order valence-electron chi connectivity index (χ0n) is 17.1. The lowest BCUT2D eigenvalue weighted by molar-refractivity contribution is 0.0218. The molecular weight excluding hydrogens is 354 g/mol. The number of nitrogens with one attached hydrogen (secondary N) is 1. The normalized spacial score (nSPS) is 20.4. The number of aromatic nitrogens is 2. The second-order valence-corrected chi connectivity index (χ2v) is 8.77. The van der Waals surface area contributed by atoms with E-state index in [0.29, 0.717) is 25.7 Å². The van der Waals surface area contributed by atoms with Gasteiger partial charge in [0.15, 0.2) is 11.6 Å². The van der Waals surface area contributed by atoms with Crippen LogP contribution in [0.2, 0.25) is 0 Å². The fourth-order valence-electron chi connectivity index (χ4n) is 3.47. The predicted octanol–water partition coefficient (Wildman–Crippen LogP) is 3.65. The van der Waals surface area contributed by atoms with Crippen molar-refractivity contribution in [1.82, 2.24) is 14.9 Å². The summed E-state index contributed by atoms with van der Waals surface area (Å²) >= 11 is 0. The molecule has 2 aromatic rings. The first-order valence-corrected chi connectivity index (χ1v) is 10.1. The van der Waals surface area contributed by atoms with E-state index in [0.717, 1.165) is 22.7 Å². The van der Waals surface area contributed by atoms with Gasteiger partial charge in [0.2, 0.25) is 0 Å². The number of nitrogens with zero attached hydrogens (tertiary/aromatic N) is 4. The molecule has 1 saturated carbocycles. The predicted molar refractivity (Wildman–Crippen MR) is 111 cm³/mol. The number of para-hydroxylation sites is 2. The Hall–Kier alpha value is -2.57. The van der Waals surface area contributed by atoms with Crippen molar-refractivity contribution in [2.75, 3.05) is 29.9 Å². The van der Waals surface area contributed by atoms with Crippen LogP contribution in [0.3, 0.4) is 0 Å². The van der Waals surface area contributed by atoms with E-state index in [2.05, 4.69) is 17.1 Å². The Morgan fingerprint density at radius 1 is 1.14 bits per heavy atom. The molecule has 1 aromatic carbocycles. The third-order valence-corrected chi connectivity index (χ3v) is 5.02. The summed E-state index contributed by atoms with van der Waals surface area (Å²) in [4.78, 5) is 26.3. The monoisotopic (exact) mass is 383 g/mol. The number of carbonyl (C=O) groups is 1. The minimum Gasteiger partial charge on any atom is -0.444 e. The Bertz CT molecular complexity index is 875. The molecule has 0 radical (unpaired) electrons. The Morgan fingerprint density at radius 2 is 1.82 bits per heavy atom. The van der Waals surface area contributed by atoms with E-state index in [9.17, 15) is 4.79 Å². The van der Waals surface area contributed by atoms with Gasteiger partial charge in [-0.05, 0) is 52.7 Å². The zero-order valence-corrected chi connectivity index (χ0v) is 17.1. The van der Waals surface area contributed by atoms with E-state index in [4.69, 9.17) is 14.7 Å². The minimum absolute atomic E-state index is 0.122. The van der Waals surface area contributed by atoms with Gasteiger partial charge < -0.3 is 19.9 Å². The molecule has 0 bridgehead atoms. The van der Waals surface area contributed by atoms with Gasteiger partial charge in [0, 0.05) is 31.7 Å². The van der Waals surface area contributed by atoms with Crippen LogP contribution in [0.15, 0.2) is 24.3 Å². The number of benzene rings is 1. The second kappa shape index (κ2) is 7.11. The summed E-state index contributed by atoms with van der Waals surface area (Å²) in [5.41, 5.74) is 1.30. The molecule has 1 amide bonds. The average Bonchev–Trinajstić information content (AvgIpc) is 3.44. The molecular formula is C21H29N5O2. The topological polar surface area (TPSA) is 70.6 Å². The molecule has 1 aliphatic heterocycles. The van der Waals surface area contributed by atoms with E-state index in [1.807, 2.05) is 45.0 Å². The number of ether oxygens (including phenoxy) is 1. The maximum atomic E-state index is 12.4. The number of carbonyl (C=O) groups excluding carboxylic acids is 1. The summed E-state index contributed by atoms with van der Waals surface area (Å²) in [5, 5.41) is 3.54. The van der Waals surface area contributed by atoms with Gasteiger partial charge in [-0.25, -0.2) is 14.8 Å². The van der Waals surface area contributed by atoms with E-state index < -0.39 is 5.60 Å². The number of fused-ring (bicyclic) bond motifs is 1.